The molecular formula is C10H9N3O2S. The Morgan fingerprint density at radius 2 is 2.38 bits per heavy atom. The Morgan fingerprint density at radius 3 is 3.00 bits per heavy atom. The van der Waals surface area contributed by atoms with Crippen LogP contribution in [0.25, 0.3) is 0 Å². The maximum Gasteiger partial charge on any atom is 0.173 e. The van der Waals surface area contributed by atoms with Gasteiger partial charge >= 0.3 is 0 Å². The third kappa shape index (κ3) is 2.20. The number of aromatic nitrogens is 1. The van der Waals surface area contributed by atoms with Gasteiger partial charge in [0, 0.05) is 11.6 Å². The first kappa shape index (κ1) is 10.6. The summed E-state index contributed by atoms with van der Waals surface area (Å²) < 4.78 is 22.3. The Kier molecular flexibility index (Phi) is 2.62. The number of nitrogens with zero attached hydrogens (tertiary/aromatic N) is 2. The molecule has 5 nitrogen and oxygen atoms in total. The standard InChI is InChI=1S/C10H9N3O2S/c11-6-8-2-1-4-12-10(8)13-9-3-5-16(14,15)7-9/h1-5,9H,7H2,(H,12,13). The zero-order valence-corrected chi connectivity index (χ0v) is 9.11. The normalized spacial score (nSPS) is 21.6. The fourth-order valence-corrected chi connectivity index (χ4v) is 2.69. The topological polar surface area (TPSA) is 82.8 Å². The third-order valence-corrected chi connectivity index (χ3v) is 3.58. The molecule has 0 radical (unpaired) electrons. The Labute approximate surface area is 93.3 Å². The van der Waals surface area contributed by atoms with Gasteiger partial charge in [0.2, 0.25) is 0 Å². The van der Waals surface area contributed by atoms with Crippen molar-refractivity contribution in [3.63, 3.8) is 0 Å². The lowest BCUT2D eigenvalue weighted by Gasteiger charge is -2.11. The second-order valence-electron chi connectivity index (χ2n) is 3.42. The second-order valence-corrected chi connectivity index (χ2v) is 5.35. The molecule has 0 bridgehead atoms. The van der Waals surface area contributed by atoms with E-state index in [0.717, 1.165) is 0 Å². The predicted molar refractivity (Wildman–Crippen MR) is 59.3 cm³/mol. The third-order valence-electron chi connectivity index (χ3n) is 2.18. The maximum absolute atomic E-state index is 11.2. The number of nitriles is 1. The molecule has 2 heterocycles. The van der Waals surface area contributed by atoms with E-state index in [9.17, 15) is 8.42 Å². The lowest BCUT2D eigenvalue weighted by molar-refractivity contribution is 0.605. The first-order valence-electron chi connectivity index (χ1n) is 4.63. The average molecular weight is 235 g/mol. The monoisotopic (exact) mass is 235 g/mol. The fourth-order valence-electron chi connectivity index (χ4n) is 1.45. The van der Waals surface area contributed by atoms with Crippen molar-refractivity contribution in [3.05, 3.63) is 35.4 Å². The molecule has 0 saturated carbocycles. The van der Waals surface area contributed by atoms with Gasteiger partial charge in [-0.25, -0.2) is 13.4 Å². The quantitative estimate of drug-likeness (QED) is 0.814. The summed E-state index contributed by atoms with van der Waals surface area (Å²) in [5, 5.41) is 12.9. The molecule has 16 heavy (non-hydrogen) atoms. The summed E-state index contributed by atoms with van der Waals surface area (Å²) in [6.07, 6.45) is 3.11. The van der Waals surface area contributed by atoms with Gasteiger partial charge in [0.15, 0.2) is 9.84 Å². The fraction of sp³-hybridized carbons (Fsp3) is 0.200. The van der Waals surface area contributed by atoms with Crippen LogP contribution >= 0.6 is 0 Å². The SMILES string of the molecule is N#Cc1cccnc1NC1C=CS(=O)(=O)C1. The minimum Gasteiger partial charge on any atom is -0.362 e. The number of pyridine rings is 1. The van der Waals surface area contributed by atoms with Gasteiger partial charge in [-0.05, 0) is 18.2 Å². The van der Waals surface area contributed by atoms with E-state index in [1.807, 2.05) is 6.07 Å². The van der Waals surface area contributed by atoms with Crippen LogP contribution in [0.2, 0.25) is 0 Å². The first-order valence-corrected chi connectivity index (χ1v) is 6.35. The number of anilines is 1. The molecule has 6 heteroatoms. The van der Waals surface area contributed by atoms with E-state index < -0.39 is 9.84 Å². The van der Waals surface area contributed by atoms with Gasteiger partial charge in [0.1, 0.15) is 11.9 Å². The molecule has 1 aromatic rings. The van der Waals surface area contributed by atoms with Crippen molar-refractivity contribution in [3.8, 4) is 6.07 Å². The van der Waals surface area contributed by atoms with E-state index in [0.29, 0.717) is 11.4 Å². The Balaban J connectivity index is 2.18. The Morgan fingerprint density at radius 1 is 1.56 bits per heavy atom. The minimum absolute atomic E-state index is 0.00838. The van der Waals surface area contributed by atoms with Crippen molar-refractivity contribution in [2.45, 2.75) is 6.04 Å². The van der Waals surface area contributed by atoms with Crippen molar-refractivity contribution in [1.29, 1.82) is 5.26 Å². The summed E-state index contributed by atoms with van der Waals surface area (Å²) >= 11 is 0. The van der Waals surface area contributed by atoms with Crippen molar-refractivity contribution in [2.24, 2.45) is 0 Å². The lowest BCUT2D eigenvalue weighted by Crippen LogP contribution is -2.22. The van der Waals surface area contributed by atoms with Gasteiger partial charge in [0.25, 0.3) is 0 Å². The first-order chi connectivity index (χ1) is 7.61. The highest BCUT2D eigenvalue weighted by Gasteiger charge is 2.22. The van der Waals surface area contributed by atoms with Crippen LogP contribution in [0.3, 0.4) is 0 Å². The number of hydrogen-bond acceptors (Lipinski definition) is 5. The minimum atomic E-state index is -3.09. The molecule has 0 fully saturated rings. The lowest BCUT2D eigenvalue weighted by atomic mass is 10.2. The smallest absolute Gasteiger partial charge is 0.173 e. The molecule has 0 aromatic carbocycles. The number of hydrogen-bond donors (Lipinski definition) is 1. The molecule has 0 amide bonds. The molecule has 1 unspecified atom stereocenters. The molecule has 1 aliphatic heterocycles. The Bertz CT molecular complexity index is 572. The van der Waals surface area contributed by atoms with Crippen LogP contribution in [0.5, 0.6) is 0 Å². The van der Waals surface area contributed by atoms with E-state index in [1.165, 1.54) is 5.41 Å². The molecule has 1 aromatic heterocycles. The highest BCUT2D eigenvalue weighted by molar-refractivity contribution is 7.94. The molecule has 0 spiro atoms. The van der Waals surface area contributed by atoms with Crippen molar-refractivity contribution in [2.75, 3.05) is 11.1 Å². The number of sulfone groups is 1. The molecule has 2 rings (SSSR count). The number of rotatable bonds is 2. The van der Waals surface area contributed by atoms with Crippen LogP contribution in [-0.2, 0) is 9.84 Å². The maximum atomic E-state index is 11.2. The summed E-state index contributed by atoms with van der Waals surface area (Å²) in [7, 11) is -3.09. The van der Waals surface area contributed by atoms with Crippen LogP contribution < -0.4 is 5.32 Å². The van der Waals surface area contributed by atoms with E-state index >= 15 is 0 Å². The Hall–Kier alpha value is -1.87. The summed E-state index contributed by atoms with van der Waals surface area (Å²) in [6, 6.07) is 4.96. The van der Waals surface area contributed by atoms with E-state index in [-0.39, 0.29) is 11.8 Å². The van der Waals surface area contributed by atoms with Gasteiger partial charge in [-0.15, -0.1) is 0 Å². The molecular weight excluding hydrogens is 226 g/mol. The molecule has 1 aliphatic rings. The van der Waals surface area contributed by atoms with Gasteiger partial charge in [-0.1, -0.05) is 0 Å². The largest absolute Gasteiger partial charge is 0.362 e. The van der Waals surface area contributed by atoms with Crippen LogP contribution in [0.15, 0.2) is 29.8 Å². The summed E-state index contributed by atoms with van der Waals surface area (Å²) in [6.45, 7) is 0. The zero-order valence-electron chi connectivity index (χ0n) is 8.29. The summed E-state index contributed by atoms with van der Waals surface area (Å²) in [5.41, 5.74) is 0.403. The summed E-state index contributed by atoms with van der Waals surface area (Å²) in [4.78, 5) is 4.00. The van der Waals surface area contributed by atoms with Crippen molar-refractivity contribution in [1.82, 2.24) is 4.98 Å². The molecule has 0 aliphatic carbocycles. The van der Waals surface area contributed by atoms with Crippen molar-refractivity contribution >= 4 is 15.7 Å². The predicted octanol–water partition coefficient (Wildman–Crippen LogP) is 0.676. The highest BCUT2D eigenvalue weighted by atomic mass is 32.2. The van der Waals surface area contributed by atoms with Crippen molar-refractivity contribution < 1.29 is 8.42 Å². The number of nitrogens with one attached hydrogen (secondary N) is 1. The van der Waals surface area contributed by atoms with Crippen LogP contribution in [0.1, 0.15) is 5.56 Å². The van der Waals surface area contributed by atoms with Crippen LogP contribution in [-0.4, -0.2) is 25.2 Å². The second kappa shape index (κ2) is 3.94. The van der Waals surface area contributed by atoms with Gasteiger partial charge in [-0.2, -0.15) is 5.26 Å². The molecule has 82 valence electrons. The van der Waals surface area contributed by atoms with E-state index in [1.54, 1.807) is 24.4 Å². The highest BCUT2D eigenvalue weighted by Crippen LogP contribution is 2.16. The van der Waals surface area contributed by atoms with Gasteiger partial charge in [0.05, 0.1) is 17.4 Å². The molecule has 0 saturated heterocycles. The van der Waals surface area contributed by atoms with E-state index in [4.69, 9.17) is 5.26 Å². The van der Waals surface area contributed by atoms with E-state index in [2.05, 4.69) is 10.3 Å². The average Bonchev–Trinajstić information content (AvgIpc) is 2.59. The van der Waals surface area contributed by atoms with Crippen LogP contribution in [0, 0.1) is 11.3 Å². The summed E-state index contributed by atoms with van der Waals surface area (Å²) in [5.74, 6) is 0.422. The molecule has 1 atom stereocenters. The molecule has 1 N–H and O–H groups in total. The van der Waals surface area contributed by atoms with Gasteiger partial charge < -0.3 is 5.32 Å². The van der Waals surface area contributed by atoms with Crippen LogP contribution in [0.4, 0.5) is 5.82 Å². The van der Waals surface area contributed by atoms with Gasteiger partial charge in [-0.3, -0.25) is 0 Å². The zero-order chi connectivity index (χ0) is 11.6.